The third-order valence-electron chi connectivity index (χ3n) is 2.89. The average Bonchev–Trinajstić information content (AvgIpc) is 2.54. The summed E-state index contributed by atoms with van der Waals surface area (Å²) in [4.78, 5) is 52.7. The van der Waals surface area contributed by atoms with Crippen molar-refractivity contribution in [2.24, 2.45) is 0 Å². The summed E-state index contributed by atoms with van der Waals surface area (Å²) in [7, 11) is -17.3. The van der Waals surface area contributed by atoms with Crippen molar-refractivity contribution in [1.29, 1.82) is 0 Å². The second kappa shape index (κ2) is 12.6. The Morgan fingerprint density at radius 3 is 2.06 bits per heavy atom. The molecule has 19 nitrogen and oxygen atoms in total. The standard InChI is InChI=1S/C5H13O15P3.C4H5N3O.Na/c6-1-2(7)4(9)17-5(3(1)8)18-22(13,14)20-23(15,16)19-21(10,11)12;5-3-1-2-6-4(8)7-3;/h1-9H,(H,13,14)(H,15,16)(H2,10,11,12);1-2H,(H3,5,6,7,8);/q;;+1/p-1/t1-,2-,3-,4?,5?;;/m0../s1. The molecule has 1 aliphatic rings. The Morgan fingerprint density at radius 2 is 1.62 bits per heavy atom. The van der Waals surface area contributed by atoms with E-state index in [1.807, 2.05) is 0 Å². The minimum Gasteiger partial charge on any atom is -0.756 e. The summed E-state index contributed by atoms with van der Waals surface area (Å²) in [6.07, 6.45) is -9.57. The molecule has 1 aromatic heterocycles. The van der Waals surface area contributed by atoms with Gasteiger partial charge in [-0.2, -0.15) is 4.31 Å². The molecule has 7 atom stereocenters. The molecular formula is C9H17N3NaO16P3. The predicted octanol–water partition coefficient (Wildman–Crippen LogP) is -7.19. The van der Waals surface area contributed by atoms with Crippen LogP contribution in [0, 0.1) is 0 Å². The molecule has 0 spiro atoms. The van der Waals surface area contributed by atoms with Crippen molar-refractivity contribution in [3.63, 3.8) is 0 Å². The maximum Gasteiger partial charge on any atom is 1.00 e. The van der Waals surface area contributed by atoms with Gasteiger partial charge in [-0.25, -0.2) is 23.2 Å². The Bertz CT molecular complexity index is 941. The van der Waals surface area contributed by atoms with Crippen LogP contribution in [0.3, 0.4) is 0 Å². The minimum absolute atomic E-state index is 0. The summed E-state index contributed by atoms with van der Waals surface area (Å²) < 4.78 is 47.6. The van der Waals surface area contributed by atoms with Crippen LogP contribution in [0.25, 0.3) is 0 Å². The van der Waals surface area contributed by atoms with Crippen LogP contribution in [-0.2, 0) is 31.6 Å². The number of phosphoric ester groups is 1. The van der Waals surface area contributed by atoms with Crippen molar-refractivity contribution >= 4 is 29.3 Å². The molecule has 2 rings (SSSR count). The maximum absolute atomic E-state index is 11.3. The molecule has 0 aliphatic carbocycles. The number of aromatic nitrogens is 2. The topological polar surface area (TPSA) is 325 Å². The van der Waals surface area contributed by atoms with Crippen LogP contribution in [0.15, 0.2) is 17.1 Å². The van der Waals surface area contributed by atoms with Crippen LogP contribution in [0.1, 0.15) is 0 Å². The normalized spacial score (nSPS) is 29.4. The third-order valence-corrected chi connectivity index (χ3v) is 6.66. The molecule has 180 valence electrons. The molecule has 1 aliphatic heterocycles. The molecule has 0 amide bonds. The number of nitrogens with one attached hydrogen (secondary N) is 1. The van der Waals surface area contributed by atoms with E-state index < -0.39 is 60.0 Å². The molecule has 23 heteroatoms. The predicted molar refractivity (Wildman–Crippen MR) is 90.9 cm³/mol. The summed E-state index contributed by atoms with van der Waals surface area (Å²) >= 11 is 0. The van der Waals surface area contributed by atoms with E-state index in [0.717, 1.165) is 0 Å². The summed E-state index contributed by atoms with van der Waals surface area (Å²) in [5.41, 5.74) is 4.75. The second-order valence-corrected chi connectivity index (χ2v) is 9.70. The summed E-state index contributed by atoms with van der Waals surface area (Å²) in [5, 5.41) is 37.0. The van der Waals surface area contributed by atoms with Crippen molar-refractivity contribution in [2.75, 3.05) is 5.73 Å². The number of phosphoric acid groups is 3. The Morgan fingerprint density at radius 1 is 1.06 bits per heavy atom. The third kappa shape index (κ3) is 11.3. The molecule has 4 unspecified atom stereocenters. The zero-order chi connectivity index (χ0) is 24.2. The molecular weight excluding hydrogens is 522 g/mol. The van der Waals surface area contributed by atoms with Gasteiger partial charge < -0.3 is 50.5 Å². The Balaban J connectivity index is 0.000000896. The van der Waals surface area contributed by atoms with Gasteiger partial charge in [0.2, 0.25) is 0 Å². The van der Waals surface area contributed by atoms with Gasteiger partial charge in [-0.15, -0.1) is 0 Å². The molecule has 10 N–H and O–H groups in total. The van der Waals surface area contributed by atoms with E-state index in [1.165, 1.54) is 12.3 Å². The molecule has 2 heterocycles. The first-order chi connectivity index (χ1) is 13.9. The van der Waals surface area contributed by atoms with E-state index in [-0.39, 0.29) is 29.6 Å². The maximum atomic E-state index is 11.3. The van der Waals surface area contributed by atoms with Gasteiger partial charge in [0.1, 0.15) is 24.1 Å². The number of hydrogen-bond donors (Lipinski definition) is 9. The number of aromatic amines is 1. The van der Waals surface area contributed by atoms with E-state index in [2.05, 4.69) is 27.8 Å². The van der Waals surface area contributed by atoms with Crippen LogP contribution in [0.4, 0.5) is 5.82 Å². The molecule has 1 aromatic rings. The Hall–Kier alpha value is -0.110. The van der Waals surface area contributed by atoms with E-state index in [4.69, 9.17) is 30.6 Å². The molecule has 32 heavy (non-hydrogen) atoms. The first kappa shape index (κ1) is 31.9. The van der Waals surface area contributed by atoms with Gasteiger partial charge in [0.05, 0.1) is 0 Å². The number of aliphatic hydroxyl groups is 4. The molecule has 0 saturated carbocycles. The number of ether oxygens (including phenoxy) is 1. The molecule has 0 radical (unpaired) electrons. The zero-order valence-corrected chi connectivity index (χ0v) is 20.4. The van der Waals surface area contributed by atoms with Gasteiger partial charge in [0.25, 0.3) is 7.82 Å². The number of aliphatic hydroxyl groups excluding tert-OH is 4. The van der Waals surface area contributed by atoms with Crippen molar-refractivity contribution in [1.82, 2.24) is 9.97 Å². The molecule has 0 bridgehead atoms. The fourth-order valence-corrected chi connectivity index (χ4v) is 4.78. The number of nitrogens with two attached hydrogens (primary N) is 1. The van der Waals surface area contributed by atoms with Crippen LogP contribution in [-0.4, -0.2) is 76.0 Å². The number of anilines is 1. The first-order valence-electron chi connectivity index (χ1n) is 7.41. The van der Waals surface area contributed by atoms with Crippen molar-refractivity contribution in [3.8, 4) is 0 Å². The van der Waals surface area contributed by atoms with E-state index >= 15 is 0 Å². The molecule has 1 saturated heterocycles. The smallest absolute Gasteiger partial charge is 0.756 e. The van der Waals surface area contributed by atoms with Crippen LogP contribution in [0.5, 0.6) is 0 Å². The largest absolute Gasteiger partial charge is 1.00 e. The number of rotatable bonds is 6. The fourth-order valence-electron chi connectivity index (χ4n) is 1.72. The van der Waals surface area contributed by atoms with Gasteiger partial charge in [0.15, 0.2) is 12.6 Å². The van der Waals surface area contributed by atoms with Crippen LogP contribution < -0.4 is 45.9 Å². The average molecular weight is 539 g/mol. The summed E-state index contributed by atoms with van der Waals surface area (Å²) in [6.45, 7) is 0. The van der Waals surface area contributed by atoms with Gasteiger partial charge in [0, 0.05) is 6.20 Å². The van der Waals surface area contributed by atoms with Gasteiger partial charge in [-0.1, -0.05) is 0 Å². The van der Waals surface area contributed by atoms with Gasteiger partial charge in [-0.05, 0) is 6.07 Å². The van der Waals surface area contributed by atoms with Crippen LogP contribution in [0.2, 0.25) is 0 Å². The first-order valence-corrected chi connectivity index (χ1v) is 11.9. The number of nitrogen functional groups attached to an aromatic ring is 1. The van der Waals surface area contributed by atoms with E-state index in [0.29, 0.717) is 5.82 Å². The van der Waals surface area contributed by atoms with Crippen molar-refractivity contribution in [2.45, 2.75) is 30.9 Å². The Labute approximate surface area is 199 Å². The fraction of sp³-hybridized carbons (Fsp3) is 0.556. The summed E-state index contributed by atoms with van der Waals surface area (Å²) in [5.74, 6) is 0.338. The SMILES string of the molecule is Nc1ccnc(=O)[nH]1.O=P(O)(O)OP(=O)(O)OP(=O)([O-])OC1OC(O)[C@@H](O)[C@H](O)[C@@H]1O.[Na+]. The zero-order valence-electron chi connectivity index (χ0n) is 15.7. The van der Waals surface area contributed by atoms with Crippen molar-refractivity contribution in [3.05, 3.63) is 22.7 Å². The minimum atomic E-state index is -5.90. The van der Waals surface area contributed by atoms with Gasteiger partial charge >= 0.3 is 50.9 Å². The summed E-state index contributed by atoms with van der Waals surface area (Å²) in [6, 6.07) is 1.52. The van der Waals surface area contributed by atoms with Gasteiger partial charge in [-0.3, -0.25) is 14.1 Å². The second-order valence-electron chi connectivity index (χ2n) is 5.37. The number of nitrogens with zero attached hydrogens (tertiary/aromatic N) is 1. The quantitative estimate of drug-likeness (QED) is 0.120. The van der Waals surface area contributed by atoms with Crippen molar-refractivity contribution < 1.29 is 101 Å². The number of hydrogen-bond acceptors (Lipinski definition) is 15. The van der Waals surface area contributed by atoms with E-state index in [9.17, 15) is 33.6 Å². The Kier molecular flexibility index (Phi) is 12.5. The van der Waals surface area contributed by atoms with Crippen LogP contribution >= 0.6 is 23.5 Å². The monoisotopic (exact) mass is 539 g/mol. The number of H-pyrrole nitrogens is 1. The molecule has 1 fully saturated rings. The molecule has 0 aromatic carbocycles. The van der Waals surface area contributed by atoms with E-state index in [1.54, 1.807) is 0 Å².